The van der Waals surface area contributed by atoms with Gasteiger partial charge in [-0.3, -0.25) is 9.69 Å². The normalized spacial score (nSPS) is 11.0. The molecule has 0 bridgehead atoms. The van der Waals surface area contributed by atoms with Crippen molar-refractivity contribution in [2.45, 2.75) is 0 Å². The summed E-state index contributed by atoms with van der Waals surface area (Å²) in [6, 6.07) is 18.9. The molecule has 0 aliphatic rings. The molecule has 0 fully saturated rings. The summed E-state index contributed by atoms with van der Waals surface area (Å²) in [4.78, 5) is 19.1. The Labute approximate surface area is 165 Å². The van der Waals surface area contributed by atoms with Gasteiger partial charge in [0, 0.05) is 17.0 Å². The first-order valence-electron chi connectivity index (χ1n) is 8.53. The molecule has 0 aliphatic heterocycles. The van der Waals surface area contributed by atoms with E-state index in [0.717, 1.165) is 5.56 Å². The van der Waals surface area contributed by atoms with Crippen molar-refractivity contribution < 1.29 is 13.6 Å². The van der Waals surface area contributed by atoms with Gasteiger partial charge in [-0.15, -0.1) is 11.3 Å². The van der Waals surface area contributed by atoms with Crippen LogP contribution in [0.2, 0.25) is 0 Å². The fourth-order valence-electron chi connectivity index (χ4n) is 2.64. The Bertz CT molecular complexity index is 1090. The van der Waals surface area contributed by atoms with Crippen molar-refractivity contribution in [1.29, 1.82) is 0 Å². The lowest BCUT2D eigenvalue weighted by Crippen LogP contribution is -2.23. The number of amides is 1. The summed E-state index contributed by atoms with van der Waals surface area (Å²) in [7, 11) is 0. The highest BCUT2D eigenvalue weighted by Gasteiger charge is 2.19. The zero-order valence-corrected chi connectivity index (χ0v) is 15.5. The number of halogens is 1. The maximum Gasteiger partial charge on any atom is 0.257 e. The molecule has 0 atom stereocenters. The summed E-state index contributed by atoms with van der Waals surface area (Å²) in [6.07, 6.45) is 4.62. The Kier molecular flexibility index (Phi) is 5.12. The lowest BCUT2D eigenvalue weighted by atomic mass is 10.2. The van der Waals surface area contributed by atoms with Crippen LogP contribution < -0.4 is 4.90 Å². The summed E-state index contributed by atoms with van der Waals surface area (Å²) < 4.78 is 18.4. The van der Waals surface area contributed by atoms with Crippen molar-refractivity contribution in [2.75, 3.05) is 4.90 Å². The third-order valence-electron chi connectivity index (χ3n) is 3.99. The topological polar surface area (TPSA) is 46.3 Å². The Morgan fingerprint density at radius 1 is 1.04 bits per heavy atom. The number of hydrogen-bond donors (Lipinski definition) is 0. The highest BCUT2D eigenvalue weighted by Crippen LogP contribution is 2.32. The number of anilines is 2. The van der Waals surface area contributed by atoms with Crippen molar-refractivity contribution >= 4 is 34.1 Å². The number of aromatic nitrogens is 1. The molecule has 2 aromatic carbocycles. The zero-order valence-electron chi connectivity index (χ0n) is 14.7. The van der Waals surface area contributed by atoms with E-state index >= 15 is 0 Å². The standard InChI is InChI=1S/C22H15FN2O2S/c23-17-10-8-16(9-11-17)20-15-28-22(24-20)25(18-5-2-1-3-6-18)21(26)13-12-19-7-4-14-27-19/h1-15H. The summed E-state index contributed by atoms with van der Waals surface area (Å²) in [5.41, 5.74) is 2.18. The average Bonchev–Trinajstić information content (AvgIpc) is 3.40. The third-order valence-corrected chi connectivity index (χ3v) is 4.82. The molecule has 0 saturated heterocycles. The summed E-state index contributed by atoms with van der Waals surface area (Å²) in [5.74, 6) is 0.0402. The van der Waals surface area contributed by atoms with E-state index in [9.17, 15) is 9.18 Å². The van der Waals surface area contributed by atoms with Crippen molar-refractivity contribution in [3.8, 4) is 11.3 Å². The molecule has 0 aliphatic carbocycles. The van der Waals surface area contributed by atoms with Gasteiger partial charge in [0.15, 0.2) is 5.13 Å². The van der Waals surface area contributed by atoms with Gasteiger partial charge >= 0.3 is 0 Å². The van der Waals surface area contributed by atoms with Gasteiger partial charge in [-0.05, 0) is 54.6 Å². The molecular formula is C22H15FN2O2S. The summed E-state index contributed by atoms with van der Waals surface area (Å²) in [6.45, 7) is 0. The molecule has 4 nitrogen and oxygen atoms in total. The quantitative estimate of drug-likeness (QED) is 0.397. The van der Waals surface area contributed by atoms with Gasteiger partial charge in [-0.25, -0.2) is 9.37 Å². The highest BCUT2D eigenvalue weighted by molar-refractivity contribution is 7.14. The first kappa shape index (κ1) is 17.9. The second-order valence-electron chi connectivity index (χ2n) is 5.88. The molecule has 2 aromatic heterocycles. The minimum absolute atomic E-state index is 0.248. The van der Waals surface area contributed by atoms with Crippen molar-refractivity contribution in [2.24, 2.45) is 0 Å². The molecule has 0 radical (unpaired) electrons. The van der Waals surface area contributed by atoms with Crippen LogP contribution in [-0.4, -0.2) is 10.9 Å². The van der Waals surface area contributed by atoms with Crippen LogP contribution in [0, 0.1) is 5.82 Å². The molecule has 4 aromatic rings. The number of nitrogens with zero attached hydrogens (tertiary/aromatic N) is 2. The molecule has 28 heavy (non-hydrogen) atoms. The second kappa shape index (κ2) is 8.02. The number of para-hydroxylation sites is 1. The van der Waals surface area contributed by atoms with E-state index in [1.54, 1.807) is 36.6 Å². The van der Waals surface area contributed by atoms with Crippen LogP contribution in [0.1, 0.15) is 5.76 Å². The van der Waals surface area contributed by atoms with Crippen LogP contribution >= 0.6 is 11.3 Å². The zero-order chi connectivity index (χ0) is 19.3. The van der Waals surface area contributed by atoms with Crippen LogP contribution in [0.15, 0.2) is 88.9 Å². The Morgan fingerprint density at radius 2 is 1.82 bits per heavy atom. The van der Waals surface area contributed by atoms with Gasteiger partial charge < -0.3 is 4.42 Å². The van der Waals surface area contributed by atoms with Crippen LogP contribution in [0.25, 0.3) is 17.3 Å². The van der Waals surface area contributed by atoms with Crippen LogP contribution in [-0.2, 0) is 4.79 Å². The maximum absolute atomic E-state index is 13.2. The largest absolute Gasteiger partial charge is 0.465 e. The van der Waals surface area contributed by atoms with Crippen molar-refractivity contribution in [3.05, 3.63) is 96.0 Å². The number of carbonyl (C=O) groups excluding carboxylic acids is 1. The van der Waals surface area contributed by atoms with Crippen LogP contribution in [0.5, 0.6) is 0 Å². The molecule has 2 heterocycles. The average molecular weight is 390 g/mol. The van der Waals surface area contributed by atoms with E-state index in [0.29, 0.717) is 22.3 Å². The number of rotatable bonds is 5. The summed E-state index contributed by atoms with van der Waals surface area (Å²) in [5, 5.41) is 2.38. The highest BCUT2D eigenvalue weighted by atomic mass is 32.1. The van der Waals surface area contributed by atoms with Crippen molar-refractivity contribution in [1.82, 2.24) is 4.98 Å². The van der Waals surface area contributed by atoms with Gasteiger partial charge in [0.25, 0.3) is 5.91 Å². The molecule has 1 amide bonds. The third kappa shape index (κ3) is 3.92. The van der Waals surface area contributed by atoms with Gasteiger partial charge in [-0.1, -0.05) is 18.2 Å². The van der Waals surface area contributed by atoms with Crippen LogP contribution in [0.3, 0.4) is 0 Å². The molecule has 138 valence electrons. The SMILES string of the molecule is O=C(C=Cc1ccco1)N(c1ccccc1)c1nc(-c2ccc(F)cc2)cs1. The van der Waals surface area contributed by atoms with E-state index in [1.807, 2.05) is 35.7 Å². The molecule has 6 heteroatoms. The van der Waals surface area contributed by atoms with E-state index < -0.39 is 0 Å². The van der Waals surface area contributed by atoms with E-state index in [2.05, 4.69) is 4.98 Å². The minimum atomic E-state index is -0.302. The molecular weight excluding hydrogens is 375 g/mol. The molecule has 0 saturated carbocycles. The monoisotopic (exact) mass is 390 g/mol. The van der Waals surface area contributed by atoms with Crippen molar-refractivity contribution in [3.63, 3.8) is 0 Å². The first-order chi connectivity index (χ1) is 13.7. The van der Waals surface area contributed by atoms with E-state index in [-0.39, 0.29) is 11.7 Å². The summed E-state index contributed by atoms with van der Waals surface area (Å²) >= 11 is 1.35. The fraction of sp³-hybridized carbons (Fsp3) is 0. The van der Waals surface area contributed by atoms with Gasteiger partial charge in [0.05, 0.1) is 17.6 Å². The predicted octanol–water partition coefficient (Wildman–Crippen LogP) is 5.92. The Hall–Kier alpha value is -3.51. The van der Waals surface area contributed by atoms with Crippen LogP contribution in [0.4, 0.5) is 15.2 Å². The van der Waals surface area contributed by atoms with Gasteiger partial charge in [0.1, 0.15) is 11.6 Å². The maximum atomic E-state index is 13.2. The number of hydrogen-bond acceptors (Lipinski definition) is 4. The molecule has 4 rings (SSSR count). The number of carbonyl (C=O) groups is 1. The smallest absolute Gasteiger partial charge is 0.257 e. The first-order valence-corrected chi connectivity index (χ1v) is 9.41. The predicted molar refractivity (Wildman–Crippen MR) is 109 cm³/mol. The fourth-order valence-corrected chi connectivity index (χ4v) is 3.50. The number of furan rings is 1. The van der Waals surface area contributed by atoms with E-state index in [1.165, 1.54) is 34.4 Å². The van der Waals surface area contributed by atoms with Gasteiger partial charge in [-0.2, -0.15) is 0 Å². The number of thiazole rings is 1. The van der Waals surface area contributed by atoms with E-state index in [4.69, 9.17) is 4.42 Å². The Balaban J connectivity index is 1.68. The molecule has 0 unspecified atom stereocenters. The molecule has 0 spiro atoms. The second-order valence-corrected chi connectivity index (χ2v) is 6.72. The number of benzene rings is 2. The lowest BCUT2D eigenvalue weighted by molar-refractivity contribution is -0.113. The minimum Gasteiger partial charge on any atom is -0.465 e. The van der Waals surface area contributed by atoms with Gasteiger partial charge in [0.2, 0.25) is 0 Å². The molecule has 0 N–H and O–H groups in total. The Morgan fingerprint density at radius 3 is 2.54 bits per heavy atom. The lowest BCUT2D eigenvalue weighted by Gasteiger charge is -2.18.